The smallest absolute Gasteiger partial charge is 0.328 e. The van der Waals surface area contributed by atoms with Crippen LogP contribution in [0.3, 0.4) is 0 Å². The lowest BCUT2D eigenvalue weighted by molar-refractivity contribution is -0.145. The number of carbonyl (C=O) groups excluding carboxylic acids is 2. The van der Waals surface area contributed by atoms with Crippen LogP contribution in [-0.4, -0.2) is 25.0 Å². The van der Waals surface area contributed by atoms with Crippen molar-refractivity contribution >= 4 is 11.9 Å². The number of benzene rings is 2. The van der Waals surface area contributed by atoms with E-state index in [9.17, 15) is 18.4 Å². The maximum absolute atomic E-state index is 13.7. The summed E-state index contributed by atoms with van der Waals surface area (Å²) in [7, 11) is 1.19. The topological polar surface area (TPSA) is 79.2 Å². The molecule has 7 heteroatoms. The van der Waals surface area contributed by atoms with Crippen LogP contribution in [0.4, 0.5) is 8.78 Å². The molecule has 0 saturated heterocycles. The zero-order valence-corrected chi connectivity index (χ0v) is 14.0. The average Bonchev–Trinajstić information content (AvgIpc) is 2.63. The minimum absolute atomic E-state index is 0.0130. The van der Waals surface area contributed by atoms with E-state index in [-0.39, 0.29) is 18.4 Å². The van der Waals surface area contributed by atoms with Gasteiger partial charge in [0.2, 0.25) is 5.91 Å². The molecule has 1 atom stereocenters. The van der Waals surface area contributed by atoms with Gasteiger partial charge < -0.3 is 10.1 Å². The molecule has 0 spiro atoms. The summed E-state index contributed by atoms with van der Waals surface area (Å²) in [5, 5.41) is 11.4. The van der Waals surface area contributed by atoms with E-state index in [1.807, 2.05) is 6.07 Å². The third-order valence-electron chi connectivity index (χ3n) is 3.68. The Kier molecular flexibility index (Phi) is 6.39. The summed E-state index contributed by atoms with van der Waals surface area (Å²) < 4.78 is 31.3. The SMILES string of the molecule is COC(=O)[C@@H](Cc1cccc(C#N)c1)NC(=O)Cc1ccc(F)cc1F. The number of methoxy groups -OCH3 is 1. The second-order valence-electron chi connectivity index (χ2n) is 5.57. The van der Waals surface area contributed by atoms with Crippen molar-refractivity contribution in [1.82, 2.24) is 5.32 Å². The van der Waals surface area contributed by atoms with E-state index < -0.39 is 29.6 Å². The van der Waals surface area contributed by atoms with Crippen molar-refractivity contribution in [3.05, 3.63) is 70.8 Å². The summed E-state index contributed by atoms with van der Waals surface area (Å²) in [6, 6.07) is 10.5. The molecule has 1 N–H and O–H groups in total. The molecule has 0 heterocycles. The highest BCUT2D eigenvalue weighted by molar-refractivity contribution is 5.85. The predicted octanol–water partition coefficient (Wildman–Crippen LogP) is 2.28. The van der Waals surface area contributed by atoms with Crippen LogP contribution in [-0.2, 0) is 27.2 Å². The van der Waals surface area contributed by atoms with E-state index in [0.29, 0.717) is 17.2 Å². The predicted molar refractivity (Wildman–Crippen MR) is 88.9 cm³/mol. The first kappa shape index (κ1) is 19.1. The Bertz CT molecular complexity index is 862. The number of ether oxygens (including phenoxy) is 1. The number of nitriles is 1. The molecule has 134 valence electrons. The van der Waals surface area contributed by atoms with E-state index in [4.69, 9.17) is 5.26 Å². The summed E-state index contributed by atoms with van der Waals surface area (Å²) in [5.41, 5.74) is 1.09. The third-order valence-corrected chi connectivity index (χ3v) is 3.68. The van der Waals surface area contributed by atoms with Gasteiger partial charge in [-0.05, 0) is 29.3 Å². The molecule has 2 rings (SSSR count). The zero-order valence-electron chi connectivity index (χ0n) is 14.0. The lowest BCUT2D eigenvalue weighted by atomic mass is 10.0. The van der Waals surface area contributed by atoms with Gasteiger partial charge in [-0.2, -0.15) is 5.26 Å². The summed E-state index contributed by atoms with van der Waals surface area (Å²) in [4.78, 5) is 24.1. The Hall–Kier alpha value is -3.27. The highest BCUT2D eigenvalue weighted by Gasteiger charge is 2.22. The minimum Gasteiger partial charge on any atom is -0.467 e. The number of hydrogen-bond acceptors (Lipinski definition) is 4. The molecular formula is C19H16F2N2O3. The summed E-state index contributed by atoms with van der Waals surface area (Å²) in [5.74, 6) is -2.85. The second-order valence-corrected chi connectivity index (χ2v) is 5.57. The number of halogens is 2. The fraction of sp³-hybridized carbons (Fsp3) is 0.211. The molecule has 5 nitrogen and oxygen atoms in total. The Morgan fingerprint density at radius 3 is 2.65 bits per heavy atom. The van der Waals surface area contributed by atoms with Gasteiger partial charge in [0.1, 0.15) is 17.7 Å². The third kappa shape index (κ3) is 5.11. The Morgan fingerprint density at radius 1 is 1.23 bits per heavy atom. The van der Waals surface area contributed by atoms with Crippen LogP contribution in [0.15, 0.2) is 42.5 Å². The van der Waals surface area contributed by atoms with Crippen molar-refractivity contribution in [3.63, 3.8) is 0 Å². The fourth-order valence-electron chi connectivity index (χ4n) is 2.42. The van der Waals surface area contributed by atoms with Crippen molar-refractivity contribution in [2.24, 2.45) is 0 Å². The van der Waals surface area contributed by atoms with Crippen molar-refractivity contribution in [3.8, 4) is 6.07 Å². The van der Waals surface area contributed by atoms with E-state index in [1.54, 1.807) is 24.3 Å². The highest BCUT2D eigenvalue weighted by Crippen LogP contribution is 2.11. The van der Waals surface area contributed by atoms with Crippen molar-refractivity contribution in [2.45, 2.75) is 18.9 Å². The molecular weight excluding hydrogens is 342 g/mol. The van der Waals surface area contributed by atoms with Crippen molar-refractivity contribution in [2.75, 3.05) is 7.11 Å². The molecule has 0 aromatic heterocycles. The Morgan fingerprint density at radius 2 is 2.00 bits per heavy atom. The van der Waals surface area contributed by atoms with Gasteiger partial charge in [-0.3, -0.25) is 4.79 Å². The standard InChI is InChI=1S/C19H16F2N2O3/c1-26-19(25)17(8-12-3-2-4-13(7-12)11-22)23-18(24)9-14-5-6-15(20)10-16(14)21/h2-7,10,17H,8-9H2,1H3,(H,23,24)/t17-/m1/s1. The van der Waals surface area contributed by atoms with Crippen LogP contribution >= 0.6 is 0 Å². The molecule has 2 aromatic rings. The van der Waals surface area contributed by atoms with Gasteiger partial charge in [0.25, 0.3) is 0 Å². The molecule has 2 aromatic carbocycles. The van der Waals surface area contributed by atoms with Gasteiger partial charge in [-0.1, -0.05) is 18.2 Å². The number of hydrogen-bond donors (Lipinski definition) is 1. The van der Waals surface area contributed by atoms with Crippen LogP contribution in [0.5, 0.6) is 0 Å². The monoisotopic (exact) mass is 358 g/mol. The number of nitrogens with zero attached hydrogens (tertiary/aromatic N) is 1. The maximum Gasteiger partial charge on any atom is 0.328 e. The summed E-state index contributed by atoms with van der Waals surface area (Å²) in [6.07, 6.45) is -0.238. The quantitative estimate of drug-likeness (QED) is 0.804. The number of esters is 1. The zero-order chi connectivity index (χ0) is 19.1. The first-order valence-electron chi connectivity index (χ1n) is 7.73. The first-order valence-corrected chi connectivity index (χ1v) is 7.73. The van der Waals surface area contributed by atoms with Gasteiger partial charge in [0.15, 0.2) is 0 Å². The Balaban J connectivity index is 2.10. The molecule has 26 heavy (non-hydrogen) atoms. The second kappa shape index (κ2) is 8.72. The number of carbonyl (C=O) groups is 2. The molecule has 0 aliphatic rings. The number of amides is 1. The molecule has 0 unspecified atom stereocenters. The van der Waals surface area contributed by atoms with Crippen LogP contribution in [0.1, 0.15) is 16.7 Å². The largest absolute Gasteiger partial charge is 0.467 e. The van der Waals surface area contributed by atoms with Gasteiger partial charge in [0.05, 0.1) is 25.2 Å². The molecule has 0 bridgehead atoms. The van der Waals surface area contributed by atoms with E-state index in [0.717, 1.165) is 6.07 Å². The molecule has 0 aliphatic carbocycles. The number of rotatable bonds is 6. The number of nitrogens with one attached hydrogen (secondary N) is 1. The average molecular weight is 358 g/mol. The van der Waals surface area contributed by atoms with Crippen molar-refractivity contribution in [1.29, 1.82) is 5.26 Å². The van der Waals surface area contributed by atoms with E-state index in [1.165, 1.54) is 13.2 Å². The van der Waals surface area contributed by atoms with Gasteiger partial charge >= 0.3 is 5.97 Å². The van der Waals surface area contributed by atoms with Crippen LogP contribution < -0.4 is 5.32 Å². The normalized spacial score (nSPS) is 11.3. The molecule has 0 aliphatic heterocycles. The van der Waals surface area contributed by atoms with E-state index >= 15 is 0 Å². The Labute approximate surface area is 149 Å². The summed E-state index contributed by atoms with van der Waals surface area (Å²) >= 11 is 0. The maximum atomic E-state index is 13.7. The molecule has 0 fully saturated rings. The van der Waals surface area contributed by atoms with E-state index in [2.05, 4.69) is 10.1 Å². The van der Waals surface area contributed by atoms with Crippen LogP contribution in [0.2, 0.25) is 0 Å². The summed E-state index contributed by atoms with van der Waals surface area (Å²) in [6.45, 7) is 0. The lowest BCUT2D eigenvalue weighted by Gasteiger charge is -2.17. The van der Waals surface area contributed by atoms with Crippen LogP contribution in [0.25, 0.3) is 0 Å². The molecule has 0 saturated carbocycles. The highest BCUT2D eigenvalue weighted by atomic mass is 19.1. The van der Waals surface area contributed by atoms with Gasteiger partial charge in [-0.25, -0.2) is 13.6 Å². The fourth-order valence-corrected chi connectivity index (χ4v) is 2.42. The van der Waals surface area contributed by atoms with Crippen molar-refractivity contribution < 1.29 is 23.1 Å². The molecule has 1 amide bonds. The first-order chi connectivity index (χ1) is 12.4. The molecule has 0 radical (unpaired) electrons. The van der Waals surface area contributed by atoms with Gasteiger partial charge in [-0.15, -0.1) is 0 Å². The lowest BCUT2D eigenvalue weighted by Crippen LogP contribution is -2.43. The minimum atomic E-state index is -0.995. The van der Waals surface area contributed by atoms with Crippen LogP contribution in [0, 0.1) is 23.0 Å². The van der Waals surface area contributed by atoms with Gasteiger partial charge in [0, 0.05) is 12.5 Å².